The number of hydrazone groups is 1. The van der Waals surface area contributed by atoms with E-state index in [0.717, 1.165) is 16.5 Å². The summed E-state index contributed by atoms with van der Waals surface area (Å²) in [5, 5.41) is 10.3. The fraction of sp³-hybridized carbons (Fsp3) is 0.125. The minimum absolute atomic E-state index is 0.0818. The molecule has 0 unspecified atom stereocenters. The van der Waals surface area contributed by atoms with Crippen LogP contribution < -0.4 is 10.7 Å². The number of hydrogen-bond acceptors (Lipinski definition) is 6. The normalized spacial score (nSPS) is 11.3. The van der Waals surface area contributed by atoms with E-state index in [1.807, 2.05) is 86.6 Å². The molecule has 0 atom stereocenters. The maximum atomic E-state index is 13.3. The van der Waals surface area contributed by atoms with E-state index >= 15 is 0 Å². The number of para-hydroxylation sites is 1. The SMILES string of the molecule is CC(C)C=NNc1nc(Nc2ccccc2)sc1C(=O)c1ccc2ccccc2c1. The van der Waals surface area contributed by atoms with Gasteiger partial charge in [0.05, 0.1) is 0 Å². The average Bonchev–Trinajstić information content (AvgIpc) is 3.15. The second-order valence-corrected chi connectivity index (χ2v) is 8.21. The standard InChI is InChI=1S/C24H22N4OS/c1-16(2)15-25-28-23-22(30-24(27-23)26-20-10-4-3-5-11-20)21(29)19-13-12-17-8-6-7-9-18(17)14-19/h3-16,28H,1-2H3,(H,26,27). The summed E-state index contributed by atoms with van der Waals surface area (Å²) >= 11 is 1.31. The number of fused-ring (bicyclic) bond motifs is 1. The molecular weight excluding hydrogens is 392 g/mol. The maximum absolute atomic E-state index is 13.3. The number of anilines is 3. The lowest BCUT2D eigenvalue weighted by Crippen LogP contribution is -2.03. The van der Waals surface area contributed by atoms with Gasteiger partial charge in [-0.15, -0.1) is 0 Å². The first-order valence-corrected chi connectivity index (χ1v) is 10.6. The number of rotatable bonds is 7. The number of nitrogens with one attached hydrogen (secondary N) is 2. The number of thiazole rings is 1. The molecule has 0 saturated carbocycles. The molecule has 0 fully saturated rings. The third kappa shape index (κ3) is 4.55. The van der Waals surface area contributed by atoms with E-state index < -0.39 is 0 Å². The predicted octanol–water partition coefficient (Wildman–Crippen LogP) is 6.32. The number of benzene rings is 3. The van der Waals surface area contributed by atoms with Crippen LogP contribution in [0.5, 0.6) is 0 Å². The highest BCUT2D eigenvalue weighted by atomic mass is 32.1. The van der Waals surface area contributed by atoms with Crippen LogP contribution in [0.25, 0.3) is 10.8 Å². The van der Waals surface area contributed by atoms with Crippen LogP contribution in [-0.2, 0) is 0 Å². The number of aromatic nitrogens is 1. The molecular formula is C24H22N4OS. The summed E-state index contributed by atoms with van der Waals surface area (Å²) < 4.78 is 0. The van der Waals surface area contributed by atoms with Crippen molar-refractivity contribution in [2.45, 2.75) is 13.8 Å². The molecule has 0 aliphatic rings. The Hall–Kier alpha value is -3.51. The van der Waals surface area contributed by atoms with Crippen molar-refractivity contribution in [3.05, 3.63) is 83.2 Å². The maximum Gasteiger partial charge on any atom is 0.206 e. The third-order valence-corrected chi connectivity index (χ3v) is 5.38. The summed E-state index contributed by atoms with van der Waals surface area (Å²) in [7, 11) is 0. The molecule has 0 amide bonds. The first-order valence-electron chi connectivity index (χ1n) is 9.76. The van der Waals surface area contributed by atoms with Gasteiger partial charge in [0.25, 0.3) is 0 Å². The van der Waals surface area contributed by atoms with Crippen molar-refractivity contribution in [2.75, 3.05) is 10.7 Å². The Morgan fingerprint density at radius 1 is 1.00 bits per heavy atom. The molecule has 1 heterocycles. The molecule has 0 bridgehead atoms. The Morgan fingerprint density at radius 2 is 1.73 bits per heavy atom. The van der Waals surface area contributed by atoms with Crippen molar-refractivity contribution in [1.82, 2.24) is 4.98 Å². The molecule has 4 aromatic rings. The van der Waals surface area contributed by atoms with Gasteiger partial charge >= 0.3 is 0 Å². The molecule has 3 aromatic carbocycles. The first-order chi connectivity index (χ1) is 14.6. The minimum atomic E-state index is -0.0818. The largest absolute Gasteiger partial charge is 0.331 e. The van der Waals surface area contributed by atoms with Crippen LogP contribution in [0.3, 0.4) is 0 Å². The number of nitrogens with zero attached hydrogens (tertiary/aromatic N) is 2. The van der Waals surface area contributed by atoms with Crippen LogP contribution in [-0.4, -0.2) is 17.0 Å². The van der Waals surface area contributed by atoms with Gasteiger partial charge in [-0.05, 0) is 34.9 Å². The van der Waals surface area contributed by atoms with Crippen molar-refractivity contribution >= 4 is 50.7 Å². The summed E-state index contributed by atoms with van der Waals surface area (Å²) in [5.41, 5.74) is 4.48. The van der Waals surface area contributed by atoms with Gasteiger partial charge in [0.1, 0.15) is 4.88 Å². The van der Waals surface area contributed by atoms with Gasteiger partial charge in [-0.1, -0.05) is 79.8 Å². The smallest absolute Gasteiger partial charge is 0.206 e. The topological polar surface area (TPSA) is 66.4 Å². The van der Waals surface area contributed by atoms with Crippen LogP contribution in [0.15, 0.2) is 77.9 Å². The summed E-state index contributed by atoms with van der Waals surface area (Å²) in [6.45, 7) is 4.07. The number of carbonyl (C=O) groups excluding carboxylic acids is 1. The number of hydrogen-bond donors (Lipinski definition) is 2. The van der Waals surface area contributed by atoms with E-state index in [4.69, 9.17) is 0 Å². The molecule has 5 nitrogen and oxygen atoms in total. The van der Waals surface area contributed by atoms with Crippen LogP contribution in [0.2, 0.25) is 0 Å². The van der Waals surface area contributed by atoms with Crippen LogP contribution >= 0.6 is 11.3 Å². The van der Waals surface area contributed by atoms with Gasteiger partial charge in [-0.3, -0.25) is 10.2 Å². The van der Waals surface area contributed by atoms with E-state index in [1.165, 1.54) is 11.3 Å². The highest BCUT2D eigenvalue weighted by Gasteiger charge is 2.20. The van der Waals surface area contributed by atoms with Crippen molar-refractivity contribution in [3.63, 3.8) is 0 Å². The number of carbonyl (C=O) groups is 1. The zero-order valence-corrected chi connectivity index (χ0v) is 17.6. The third-order valence-electron chi connectivity index (χ3n) is 4.41. The van der Waals surface area contributed by atoms with Crippen LogP contribution in [0.4, 0.5) is 16.6 Å². The highest BCUT2D eigenvalue weighted by Crippen LogP contribution is 2.32. The monoisotopic (exact) mass is 414 g/mol. The molecule has 0 radical (unpaired) electrons. The fourth-order valence-electron chi connectivity index (χ4n) is 2.96. The average molecular weight is 415 g/mol. The lowest BCUT2D eigenvalue weighted by atomic mass is 10.0. The molecule has 6 heteroatoms. The second kappa shape index (κ2) is 8.88. The van der Waals surface area contributed by atoms with E-state index in [9.17, 15) is 4.79 Å². The lowest BCUT2D eigenvalue weighted by Gasteiger charge is -2.04. The van der Waals surface area contributed by atoms with Crippen LogP contribution in [0.1, 0.15) is 29.1 Å². The summed E-state index contributed by atoms with van der Waals surface area (Å²) in [6, 6.07) is 23.5. The van der Waals surface area contributed by atoms with E-state index in [0.29, 0.717) is 21.4 Å². The fourth-order valence-corrected chi connectivity index (χ4v) is 3.86. The Balaban J connectivity index is 1.68. The molecule has 4 rings (SSSR count). The summed E-state index contributed by atoms with van der Waals surface area (Å²) in [6.07, 6.45) is 1.79. The molecule has 150 valence electrons. The quantitative estimate of drug-likeness (QED) is 0.211. The van der Waals surface area contributed by atoms with Gasteiger partial charge < -0.3 is 5.32 Å². The molecule has 0 aliphatic heterocycles. The zero-order valence-electron chi connectivity index (χ0n) is 16.8. The van der Waals surface area contributed by atoms with E-state index in [2.05, 4.69) is 20.8 Å². The summed E-state index contributed by atoms with van der Waals surface area (Å²) in [4.78, 5) is 18.4. The Morgan fingerprint density at radius 3 is 2.50 bits per heavy atom. The van der Waals surface area contributed by atoms with Gasteiger partial charge in [0.2, 0.25) is 5.78 Å². The van der Waals surface area contributed by atoms with Crippen molar-refractivity contribution in [1.29, 1.82) is 0 Å². The highest BCUT2D eigenvalue weighted by molar-refractivity contribution is 7.18. The molecule has 0 aliphatic carbocycles. The van der Waals surface area contributed by atoms with Gasteiger partial charge in [0, 0.05) is 17.5 Å². The Bertz CT molecular complexity index is 1200. The van der Waals surface area contributed by atoms with Crippen molar-refractivity contribution < 1.29 is 4.79 Å². The van der Waals surface area contributed by atoms with Crippen molar-refractivity contribution in [2.24, 2.45) is 11.0 Å². The Kier molecular flexibility index (Phi) is 5.86. The minimum Gasteiger partial charge on any atom is -0.331 e. The van der Waals surface area contributed by atoms with E-state index in [1.54, 1.807) is 6.21 Å². The van der Waals surface area contributed by atoms with Gasteiger partial charge in [-0.2, -0.15) is 5.10 Å². The molecule has 2 N–H and O–H groups in total. The molecule has 0 spiro atoms. The van der Waals surface area contributed by atoms with Gasteiger partial charge in [-0.25, -0.2) is 4.98 Å². The molecule has 30 heavy (non-hydrogen) atoms. The van der Waals surface area contributed by atoms with Crippen molar-refractivity contribution in [3.8, 4) is 0 Å². The molecule has 0 saturated heterocycles. The van der Waals surface area contributed by atoms with Crippen LogP contribution in [0, 0.1) is 5.92 Å². The Labute approximate surface area is 179 Å². The second-order valence-electron chi connectivity index (χ2n) is 7.21. The number of ketones is 1. The van der Waals surface area contributed by atoms with E-state index in [-0.39, 0.29) is 11.7 Å². The first kappa shape index (κ1) is 19.8. The zero-order chi connectivity index (χ0) is 20.9. The van der Waals surface area contributed by atoms with Gasteiger partial charge in [0.15, 0.2) is 10.9 Å². The molecule has 1 aromatic heterocycles. The predicted molar refractivity (Wildman–Crippen MR) is 126 cm³/mol. The summed E-state index contributed by atoms with van der Waals surface area (Å²) in [5.74, 6) is 0.660. The lowest BCUT2D eigenvalue weighted by molar-refractivity contribution is 0.104.